The van der Waals surface area contributed by atoms with Crippen LogP contribution in [0.25, 0.3) is 22.4 Å². The summed E-state index contributed by atoms with van der Waals surface area (Å²) >= 11 is 7.85. The van der Waals surface area contributed by atoms with Crippen molar-refractivity contribution in [1.29, 1.82) is 0 Å². The summed E-state index contributed by atoms with van der Waals surface area (Å²) in [4.78, 5) is 4.59. The summed E-state index contributed by atoms with van der Waals surface area (Å²) < 4.78 is 11.1. The van der Waals surface area contributed by atoms with E-state index in [1.807, 2.05) is 24.3 Å². The average molecular weight is 412 g/mol. The number of aromatic nitrogens is 3. The third kappa shape index (κ3) is 3.57. The second-order valence-corrected chi connectivity index (χ2v) is 7.66. The molecule has 0 radical (unpaired) electrons. The second kappa shape index (κ2) is 7.81. The predicted molar refractivity (Wildman–Crippen MR) is 112 cm³/mol. The maximum Gasteiger partial charge on any atom is 0.277 e. The molecule has 0 aliphatic rings. The zero-order valence-electron chi connectivity index (χ0n) is 15.7. The smallest absolute Gasteiger partial charge is 0.277 e. The molecule has 2 heterocycles. The van der Waals surface area contributed by atoms with Crippen molar-refractivity contribution in [2.24, 2.45) is 0 Å². The third-order valence-electron chi connectivity index (χ3n) is 4.63. The van der Waals surface area contributed by atoms with Crippen molar-refractivity contribution < 1.29 is 9.15 Å². The van der Waals surface area contributed by atoms with Crippen molar-refractivity contribution in [1.82, 2.24) is 15.2 Å². The fraction of sp³-hybridized carbons (Fsp3) is 0.190. The zero-order chi connectivity index (χ0) is 19.7. The Kier molecular flexibility index (Phi) is 5.24. The van der Waals surface area contributed by atoms with Crippen molar-refractivity contribution in [2.75, 3.05) is 7.11 Å². The highest BCUT2D eigenvalue weighted by molar-refractivity contribution is 7.98. The van der Waals surface area contributed by atoms with Crippen LogP contribution < -0.4 is 4.74 Å². The lowest BCUT2D eigenvalue weighted by molar-refractivity contribution is 0.411. The first-order chi connectivity index (χ1) is 13.6. The van der Waals surface area contributed by atoms with Crippen LogP contribution in [0.2, 0.25) is 5.15 Å². The van der Waals surface area contributed by atoms with Crippen LogP contribution in [-0.4, -0.2) is 22.3 Å². The quantitative estimate of drug-likeness (QED) is 0.303. The standard InChI is InChI=1S/C21H18ClN3O2S/c1-12-8-9-14-10-15(19(22)23-18(14)13(12)2)11-28-21-25-24-20(27-21)16-6-4-5-7-17(16)26-3/h4-10H,11H2,1-3H3. The predicted octanol–water partition coefficient (Wildman–Crippen LogP) is 5.86. The van der Waals surface area contributed by atoms with Gasteiger partial charge in [0.25, 0.3) is 11.1 Å². The summed E-state index contributed by atoms with van der Waals surface area (Å²) in [6.45, 7) is 4.14. The molecule has 0 bridgehead atoms. The summed E-state index contributed by atoms with van der Waals surface area (Å²) in [5.74, 6) is 1.70. The van der Waals surface area contributed by atoms with Gasteiger partial charge in [-0.05, 0) is 43.2 Å². The molecular formula is C21H18ClN3O2S. The first-order valence-electron chi connectivity index (χ1n) is 8.72. The van der Waals surface area contributed by atoms with Gasteiger partial charge in [0.2, 0.25) is 0 Å². The number of ether oxygens (including phenoxy) is 1. The van der Waals surface area contributed by atoms with E-state index >= 15 is 0 Å². The number of halogens is 1. The molecule has 7 heteroatoms. The zero-order valence-corrected chi connectivity index (χ0v) is 17.3. The van der Waals surface area contributed by atoms with Crippen molar-refractivity contribution >= 4 is 34.3 Å². The van der Waals surface area contributed by atoms with Crippen LogP contribution in [0.5, 0.6) is 5.75 Å². The molecule has 0 unspecified atom stereocenters. The molecular weight excluding hydrogens is 394 g/mol. The van der Waals surface area contributed by atoms with Gasteiger partial charge in [-0.3, -0.25) is 0 Å². The number of hydrogen-bond donors (Lipinski definition) is 0. The van der Waals surface area contributed by atoms with E-state index in [1.165, 1.54) is 17.3 Å². The number of aryl methyl sites for hydroxylation is 2. The van der Waals surface area contributed by atoms with E-state index in [-0.39, 0.29) is 0 Å². The van der Waals surface area contributed by atoms with Gasteiger partial charge < -0.3 is 9.15 Å². The Bertz CT molecular complexity index is 1160. The number of benzene rings is 2. The lowest BCUT2D eigenvalue weighted by Gasteiger charge is -2.08. The molecule has 0 aliphatic carbocycles. The minimum absolute atomic E-state index is 0.425. The largest absolute Gasteiger partial charge is 0.496 e. The van der Waals surface area contributed by atoms with Crippen LogP contribution >= 0.6 is 23.4 Å². The summed E-state index contributed by atoms with van der Waals surface area (Å²) in [6.07, 6.45) is 0. The van der Waals surface area contributed by atoms with Crippen molar-refractivity contribution in [3.8, 4) is 17.2 Å². The highest BCUT2D eigenvalue weighted by Crippen LogP contribution is 2.33. The first-order valence-corrected chi connectivity index (χ1v) is 10.1. The number of pyridine rings is 1. The fourth-order valence-electron chi connectivity index (χ4n) is 2.94. The number of fused-ring (bicyclic) bond motifs is 1. The van der Waals surface area contributed by atoms with Crippen molar-refractivity contribution in [2.45, 2.75) is 24.8 Å². The van der Waals surface area contributed by atoms with Crippen LogP contribution in [0, 0.1) is 13.8 Å². The maximum absolute atomic E-state index is 6.43. The summed E-state index contributed by atoms with van der Waals surface area (Å²) in [7, 11) is 1.61. The summed E-state index contributed by atoms with van der Waals surface area (Å²) in [5.41, 5.74) is 4.99. The van der Waals surface area contributed by atoms with Gasteiger partial charge >= 0.3 is 0 Å². The van der Waals surface area contributed by atoms with Crippen LogP contribution in [-0.2, 0) is 5.75 Å². The number of rotatable bonds is 5. The van der Waals surface area contributed by atoms with Crippen LogP contribution in [0.1, 0.15) is 16.7 Å². The molecule has 0 amide bonds. The Hall–Kier alpha value is -2.57. The van der Waals surface area contributed by atoms with E-state index in [9.17, 15) is 0 Å². The van der Waals surface area contributed by atoms with Crippen LogP contribution in [0.15, 0.2) is 52.1 Å². The Labute approximate surface area is 172 Å². The molecule has 0 N–H and O–H groups in total. The first kappa shape index (κ1) is 18.8. The number of hydrogen-bond acceptors (Lipinski definition) is 6. The van der Waals surface area contributed by atoms with Gasteiger partial charge in [0.05, 0.1) is 18.2 Å². The molecule has 0 saturated carbocycles. The normalized spacial score (nSPS) is 11.1. The molecule has 28 heavy (non-hydrogen) atoms. The highest BCUT2D eigenvalue weighted by Gasteiger charge is 2.15. The van der Waals surface area contributed by atoms with E-state index in [1.54, 1.807) is 7.11 Å². The molecule has 0 spiro atoms. The van der Waals surface area contributed by atoms with E-state index in [2.05, 4.69) is 47.2 Å². The van der Waals surface area contributed by atoms with Gasteiger partial charge in [-0.2, -0.15) is 0 Å². The highest BCUT2D eigenvalue weighted by atomic mass is 35.5. The third-order valence-corrected chi connectivity index (χ3v) is 5.83. The summed E-state index contributed by atoms with van der Waals surface area (Å²) in [5, 5.41) is 10.3. The van der Waals surface area contributed by atoms with Gasteiger partial charge in [0, 0.05) is 16.7 Å². The lowest BCUT2D eigenvalue weighted by atomic mass is 10.0. The van der Waals surface area contributed by atoms with Gasteiger partial charge in [-0.15, -0.1) is 10.2 Å². The topological polar surface area (TPSA) is 61.0 Å². The molecule has 0 atom stereocenters. The minimum atomic E-state index is 0.425. The molecule has 142 valence electrons. The second-order valence-electron chi connectivity index (χ2n) is 6.38. The Balaban J connectivity index is 1.56. The SMILES string of the molecule is COc1ccccc1-c1nnc(SCc2cc3ccc(C)c(C)c3nc2Cl)o1. The van der Waals surface area contributed by atoms with Crippen molar-refractivity contribution in [3.05, 3.63) is 64.3 Å². The number of thioether (sulfide) groups is 1. The Morgan fingerprint density at radius 3 is 2.75 bits per heavy atom. The van der Waals surface area contributed by atoms with Gasteiger partial charge in [-0.1, -0.05) is 47.6 Å². The van der Waals surface area contributed by atoms with E-state index in [0.29, 0.717) is 27.8 Å². The van der Waals surface area contributed by atoms with Gasteiger partial charge in [0.15, 0.2) is 0 Å². The van der Waals surface area contributed by atoms with E-state index in [4.69, 9.17) is 20.8 Å². The monoisotopic (exact) mass is 411 g/mol. The number of para-hydroxylation sites is 1. The van der Waals surface area contributed by atoms with Crippen LogP contribution in [0.3, 0.4) is 0 Å². The molecule has 2 aromatic heterocycles. The van der Waals surface area contributed by atoms with Gasteiger partial charge in [0.1, 0.15) is 10.9 Å². The molecule has 4 rings (SSSR count). The Morgan fingerprint density at radius 1 is 1.11 bits per heavy atom. The maximum atomic E-state index is 6.43. The van der Waals surface area contributed by atoms with Gasteiger partial charge in [-0.25, -0.2) is 4.98 Å². The Morgan fingerprint density at radius 2 is 1.93 bits per heavy atom. The lowest BCUT2D eigenvalue weighted by Crippen LogP contribution is -1.92. The average Bonchev–Trinajstić information content (AvgIpc) is 3.18. The molecule has 2 aromatic carbocycles. The number of methoxy groups -OCH3 is 1. The van der Waals surface area contributed by atoms with Crippen LogP contribution in [0.4, 0.5) is 0 Å². The number of nitrogens with zero attached hydrogens (tertiary/aromatic N) is 3. The fourth-order valence-corrected chi connectivity index (χ4v) is 3.96. The molecule has 0 saturated heterocycles. The molecule has 0 aliphatic heterocycles. The molecule has 4 aromatic rings. The molecule has 5 nitrogen and oxygen atoms in total. The van der Waals surface area contributed by atoms with E-state index in [0.717, 1.165) is 27.6 Å². The summed E-state index contributed by atoms with van der Waals surface area (Å²) in [6, 6.07) is 13.8. The molecule has 0 fully saturated rings. The van der Waals surface area contributed by atoms with E-state index < -0.39 is 0 Å². The van der Waals surface area contributed by atoms with Crippen molar-refractivity contribution in [3.63, 3.8) is 0 Å². The minimum Gasteiger partial charge on any atom is -0.496 e.